The molecule has 4 aliphatic rings. The van der Waals surface area contributed by atoms with E-state index >= 15 is 0 Å². The first-order valence-corrected chi connectivity index (χ1v) is 8.22. The normalized spacial score (nSPS) is 37.5. The van der Waals surface area contributed by atoms with Crippen LogP contribution >= 0.6 is 0 Å². The van der Waals surface area contributed by atoms with E-state index in [0.717, 1.165) is 19.3 Å². The third-order valence-electron chi connectivity index (χ3n) is 5.32. The summed E-state index contributed by atoms with van der Waals surface area (Å²) in [6.07, 6.45) is 6.55. The number of allylic oxidation sites excluding steroid dienone is 1. The van der Waals surface area contributed by atoms with Crippen LogP contribution in [0.2, 0.25) is 0 Å². The minimum atomic E-state index is -0.746. The van der Waals surface area contributed by atoms with Crippen molar-refractivity contribution < 1.29 is 23.8 Å². The summed E-state index contributed by atoms with van der Waals surface area (Å²) in [6.45, 7) is 3.89. The lowest BCUT2D eigenvalue weighted by Crippen LogP contribution is -2.19. The van der Waals surface area contributed by atoms with E-state index in [0.29, 0.717) is 17.1 Å². The second-order valence-corrected chi connectivity index (χ2v) is 6.82. The number of esters is 2. The van der Waals surface area contributed by atoms with Gasteiger partial charge in [0, 0.05) is 17.6 Å². The molecule has 2 aliphatic heterocycles. The lowest BCUT2D eigenvalue weighted by Gasteiger charge is -2.24. The second kappa shape index (κ2) is 5.25. The Bertz CT molecular complexity index is 669. The molecule has 4 atom stereocenters. The maximum Gasteiger partial charge on any atom is 0.338 e. The van der Waals surface area contributed by atoms with Crippen LogP contribution in [0.3, 0.4) is 0 Å². The van der Waals surface area contributed by atoms with Gasteiger partial charge in [0.2, 0.25) is 0 Å². The Balaban J connectivity index is 1.52. The third kappa shape index (κ3) is 2.30. The van der Waals surface area contributed by atoms with Gasteiger partial charge in [0.15, 0.2) is 0 Å². The highest BCUT2D eigenvalue weighted by Crippen LogP contribution is 2.50. The van der Waals surface area contributed by atoms with Crippen LogP contribution in [0.15, 0.2) is 34.6 Å². The molecule has 0 spiro atoms. The van der Waals surface area contributed by atoms with Crippen LogP contribution < -0.4 is 0 Å². The Labute approximate surface area is 135 Å². The fourth-order valence-electron chi connectivity index (χ4n) is 4.16. The van der Waals surface area contributed by atoms with E-state index in [9.17, 15) is 9.59 Å². The molecule has 0 aromatic heterocycles. The smallest absolute Gasteiger partial charge is 0.338 e. The summed E-state index contributed by atoms with van der Waals surface area (Å²) in [5, 5.41) is 0. The molecule has 4 rings (SSSR count). The van der Waals surface area contributed by atoms with Crippen molar-refractivity contribution in [2.45, 2.75) is 51.9 Å². The van der Waals surface area contributed by atoms with E-state index < -0.39 is 6.29 Å². The third-order valence-corrected chi connectivity index (χ3v) is 5.32. The van der Waals surface area contributed by atoms with Gasteiger partial charge in [-0.2, -0.15) is 0 Å². The highest BCUT2D eigenvalue weighted by atomic mass is 16.7. The fourth-order valence-corrected chi connectivity index (χ4v) is 4.16. The zero-order valence-electron chi connectivity index (χ0n) is 13.3. The first-order valence-electron chi connectivity index (χ1n) is 8.22. The average Bonchev–Trinajstić information content (AvgIpc) is 3.10. The van der Waals surface area contributed by atoms with Crippen molar-refractivity contribution >= 4 is 11.9 Å². The summed E-state index contributed by atoms with van der Waals surface area (Å²) in [5.41, 5.74) is 3.87. The molecule has 1 saturated heterocycles. The standard InChI is InChI=1S/C18H20O5/c1-9-4-3-5-11-7-12-13(18(20)23-16(12)15(9)11)8-21-14-6-10(2)17(19)22-14/h6,8-9,12,14,16H,3-5,7H2,1-2H3/b13-8+/t9-,12+,14+,16-/m0/s1. The predicted octanol–water partition coefficient (Wildman–Crippen LogP) is 2.78. The lowest BCUT2D eigenvalue weighted by atomic mass is 9.84. The fraction of sp³-hybridized carbons (Fsp3) is 0.556. The number of fused-ring (bicyclic) bond motifs is 2. The summed E-state index contributed by atoms with van der Waals surface area (Å²) in [6, 6.07) is 0. The molecule has 0 N–H and O–H groups in total. The van der Waals surface area contributed by atoms with Crippen LogP contribution in [0.4, 0.5) is 0 Å². The molecule has 0 aromatic rings. The van der Waals surface area contributed by atoms with Crippen LogP contribution in [0, 0.1) is 11.8 Å². The number of hydrogen-bond donors (Lipinski definition) is 0. The highest BCUT2D eigenvalue weighted by molar-refractivity contribution is 5.92. The molecule has 1 fully saturated rings. The second-order valence-electron chi connectivity index (χ2n) is 6.82. The minimum absolute atomic E-state index is 0.0511. The van der Waals surface area contributed by atoms with E-state index in [-0.39, 0.29) is 24.0 Å². The van der Waals surface area contributed by atoms with Crippen LogP contribution in [0.25, 0.3) is 0 Å². The number of carbonyl (C=O) groups is 2. The molecule has 0 radical (unpaired) electrons. The average molecular weight is 316 g/mol. The molecule has 0 unspecified atom stereocenters. The van der Waals surface area contributed by atoms with Gasteiger partial charge in [-0.3, -0.25) is 0 Å². The zero-order valence-corrected chi connectivity index (χ0v) is 13.3. The van der Waals surface area contributed by atoms with Gasteiger partial charge in [-0.25, -0.2) is 9.59 Å². The Morgan fingerprint density at radius 1 is 1.26 bits per heavy atom. The van der Waals surface area contributed by atoms with Crippen LogP contribution in [-0.4, -0.2) is 24.3 Å². The number of cyclic esters (lactones) is 1. The number of carbonyl (C=O) groups excluding carboxylic acids is 2. The maximum absolute atomic E-state index is 12.2. The summed E-state index contributed by atoms with van der Waals surface area (Å²) < 4.78 is 16.1. The number of ether oxygens (including phenoxy) is 3. The molecule has 5 nitrogen and oxygen atoms in total. The van der Waals surface area contributed by atoms with Gasteiger partial charge in [0.1, 0.15) is 6.10 Å². The predicted molar refractivity (Wildman–Crippen MR) is 80.8 cm³/mol. The monoisotopic (exact) mass is 316 g/mol. The van der Waals surface area contributed by atoms with Crippen molar-refractivity contribution in [1.82, 2.24) is 0 Å². The Morgan fingerprint density at radius 3 is 2.83 bits per heavy atom. The van der Waals surface area contributed by atoms with E-state index in [1.54, 1.807) is 13.0 Å². The Kier molecular flexibility index (Phi) is 3.32. The summed E-state index contributed by atoms with van der Waals surface area (Å²) in [5.74, 6) is -0.153. The lowest BCUT2D eigenvalue weighted by molar-refractivity contribution is -0.152. The molecule has 122 valence electrons. The van der Waals surface area contributed by atoms with Crippen molar-refractivity contribution in [1.29, 1.82) is 0 Å². The van der Waals surface area contributed by atoms with Crippen LogP contribution in [0.5, 0.6) is 0 Å². The molecule has 0 aromatic carbocycles. The molecule has 0 bridgehead atoms. The van der Waals surface area contributed by atoms with Gasteiger partial charge in [0.25, 0.3) is 6.29 Å². The van der Waals surface area contributed by atoms with E-state index in [4.69, 9.17) is 14.2 Å². The van der Waals surface area contributed by atoms with E-state index in [2.05, 4.69) is 6.92 Å². The van der Waals surface area contributed by atoms with Crippen LogP contribution in [-0.2, 0) is 23.8 Å². The minimum Gasteiger partial charge on any atom is -0.458 e. The first-order chi connectivity index (χ1) is 11.0. The van der Waals surface area contributed by atoms with Crippen molar-refractivity contribution in [3.63, 3.8) is 0 Å². The first kappa shape index (κ1) is 14.5. The van der Waals surface area contributed by atoms with Gasteiger partial charge in [-0.15, -0.1) is 0 Å². The SMILES string of the molecule is CC1=C[C@H](O/C=C2/C(=O)O[C@@H]3C4=C(CCC[C@@H]4C)C[C@H]23)OC1=O. The van der Waals surface area contributed by atoms with Gasteiger partial charge in [-0.05, 0) is 44.1 Å². The van der Waals surface area contributed by atoms with Crippen molar-refractivity contribution in [2.75, 3.05) is 0 Å². The molecular formula is C18H20O5. The van der Waals surface area contributed by atoms with Crippen LogP contribution in [0.1, 0.15) is 39.5 Å². The summed E-state index contributed by atoms with van der Waals surface area (Å²) in [7, 11) is 0. The molecule has 5 heteroatoms. The van der Waals surface area contributed by atoms with E-state index in [1.807, 2.05) is 0 Å². The summed E-state index contributed by atoms with van der Waals surface area (Å²) in [4.78, 5) is 23.5. The van der Waals surface area contributed by atoms with Gasteiger partial charge in [0.05, 0.1) is 11.8 Å². The van der Waals surface area contributed by atoms with Crippen molar-refractivity contribution in [3.05, 3.63) is 34.6 Å². The highest BCUT2D eigenvalue weighted by Gasteiger charge is 2.49. The zero-order chi connectivity index (χ0) is 16.1. The Hall–Kier alpha value is -2.04. The van der Waals surface area contributed by atoms with Crippen molar-refractivity contribution in [2.24, 2.45) is 11.8 Å². The Morgan fingerprint density at radius 2 is 2.09 bits per heavy atom. The van der Waals surface area contributed by atoms with Gasteiger partial charge >= 0.3 is 11.9 Å². The number of hydrogen-bond acceptors (Lipinski definition) is 5. The van der Waals surface area contributed by atoms with Gasteiger partial charge < -0.3 is 14.2 Å². The molecular weight excluding hydrogens is 296 g/mol. The van der Waals surface area contributed by atoms with Gasteiger partial charge in [-0.1, -0.05) is 12.5 Å². The molecule has 2 heterocycles. The topological polar surface area (TPSA) is 61.8 Å². The molecule has 0 amide bonds. The molecule has 2 aliphatic carbocycles. The quantitative estimate of drug-likeness (QED) is 0.339. The van der Waals surface area contributed by atoms with Crippen molar-refractivity contribution in [3.8, 4) is 0 Å². The van der Waals surface area contributed by atoms with E-state index in [1.165, 1.54) is 23.8 Å². The summed E-state index contributed by atoms with van der Waals surface area (Å²) >= 11 is 0. The molecule has 0 saturated carbocycles. The molecule has 23 heavy (non-hydrogen) atoms. The maximum atomic E-state index is 12.2. The number of rotatable bonds is 2. The largest absolute Gasteiger partial charge is 0.458 e.